The minimum absolute atomic E-state index is 0.0149. The van der Waals surface area contributed by atoms with Crippen LogP contribution in [0, 0.1) is 0 Å². The van der Waals surface area contributed by atoms with Crippen molar-refractivity contribution < 1.29 is 14.4 Å². The number of amides is 3. The normalized spacial score (nSPS) is 18.1. The Balaban J connectivity index is 1.85. The Morgan fingerprint density at radius 1 is 1.25 bits per heavy atom. The van der Waals surface area contributed by atoms with Gasteiger partial charge in [-0.3, -0.25) is 9.59 Å². The molecule has 1 unspecified atom stereocenters. The number of piperidine rings is 1. The van der Waals surface area contributed by atoms with Crippen molar-refractivity contribution in [3.8, 4) is 0 Å². The predicted molar refractivity (Wildman–Crippen MR) is 74.6 cm³/mol. The highest BCUT2D eigenvalue weighted by Gasteiger charge is 2.19. The molecule has 1 aromatic carbocycles. The third-order valence-electron chi connectivity index (χ3n) is 3.15. The van der Waals surface area contributed by atoms with Crippen molar-refractivity contribution in [1.29, 1.82) is 0 Å². The van der Waals surface area contributed by atoms with Gasteiger partial charge in [0.15, 0.2) is 5.78 Å². The number of carbonyl (C=O) groups excluding carboxylic acids is 3. The Morgan fingerprint density at radius 3 is 2.50 bits per heavy atom. The molecule has 3 N–H and O–H groups in total. The molecule has 1 aromatic rings. The average Bonchev–Trinajstić information content (AvgIpc) is 2.42. The molecule has 1 aliphatic rings. The lowest BCUT2D eigenvalue weighted by molar-refractivity contribution is -0.122. The first-order valence-corrected chi connectivity index (χ1v) is 6.50. The number of urea groups is 1. The van der Waals surface area contributed by atoms with Crippen molar-refractivity contribution in [2.24, 2.45) is 0 Å². The average molecular weight is 275 g/mol. The number of anilines is 1. The summed E-state index contributed by atoms with van der Waals surface area (Å²) in [7, 11) is 0. The van der Waals surface area contributed by atoms with Gasteiger partial charge in [0.1, 0.15) is 0 Å². The third kappa shape index (κ3) is 3.81. The SMILES string of the molecule is CC(=O)c1ccc(NC(=O)NC2CCC(=O)NC2)cc1. The smallest absolute Gasteiger partial charge is 0.319 e. The Hall–Kier alpha value is -2.37. The van der Waals surface area contributed by atoms with E-state index in [4.69, 9.17) is 0 Å². The molecule has 0 radical (unpaired) electrons. The highest BCUT2D eigenvalue weighted by molar-refractivity contribution is 5.95. The first-order valence-electron chi connectivity index (χ1n) is 6.50. The van der Waals surface area contributed by atoms with Gasteiger partial charge in [0.05, 0.1) is 0 Å². The van der Waals surface area contributed by atoms with Crippen molar-refractivity contribution in [3.05, 3.63) is 29.8 Å². The molecular weight excluding hydrogens is 258 g/mol. The lowest BCUT2D eigenvalue weighted by Gasteiger charge is -2.23. The molecular formula is C14H17N3O3. The van der Waals surface area contributed by atoms with Crippen LogP contribution in [0.1, 0.15) is 30.1 Å². The summed E-state index contributed by atoms with van der Waals surface area (Å²) in [4.78, 5) is 33.9. The summed E-state index contributed by atoms with van der Waals surface area (Å²) < 4.78 is 0. The van der Waals surface area contributed by atoms with Gasteiger partial charge in [-0.2, -0.15) is 0 Å². The monoisotopic (exact) mass is 275 g/mol. The fourth-order valence-corrected chi connectivity index (χ4v) is 2.00. The second-order valence-electron chi connectivity index (χ2n) is 4.77. The maximum absolute atomic E-state index is 11.8. The van der Waals surface area contributed by atoms with E-state index in [9.17, 15) is 14.4 Å². The lowest BCUT2D eigenvalue weighted by atomic mass is 10.1. The van der Waals surface area contributed by atoms with Crippen molar-refractivity contribution in [2.75, 3.05) is 11.9 Å². The van der Waals surface area contributed by atoms with Gasteiger partial charge in [0.2, 0.25) is 5.91 Å². The molecule has 3 amide bonds. The molecule has 6 nitrogen and oxygen atoms in total. The number of benzene rings is 1. The number of ketones is 1. The van der Waals surface area contributed by atoms with E-state index in [1.807, 2.05) is 0 Å². The zero-order valence-corrected chi connectivity index (χ0v) is 11.2. The van der Waals surface area contributed by atoms with Crippen molar-refractivity contribution >= 4 is 23.4 Å². The molecule has 0 bridgehead atoms. The van der Waals surface area contributed by atoms with Gasteiger partial charge >= 0.3 is 6.03 Å². The molecule has 20 heavy (non-hydrogen) atoms. The molecule has 0 aliphatic carbocycles. The van der Waals surface area contributed by atoms with E-state index in [2.05, 4.69) is 16.0 Å². The van der Waals surface area contributed by atoms with Crippen LogP contribution in [0.3, 0.4) is 0 Å². The van der Waals surface area contributed by atoms with E-state index in [1.54, 1.807) is 24.3 Å². The minimum Gasteiger partial charge on any atom is -0.354 e. The zero-order chi connectivity index (χ0) is 14.5. The van der Waals surface area contributed by atoms with Gasteiger partial charge in [0.25, 0.3) is 0 Å². The summed E-state index contributed by atoms with van der Waals surface area (Å²) in [6.07, 6.45) is 1.07. The molecule has 0 aromatic heterocycles. The summed E-state index contributed by atoms with van der Waals surface area (Å²) in [5, 5.41) is 8.19. The highest BCUT2D eigenvalue weighted by Crippen LogP contribution is 2.10. The van der Waals surface area contributed by atoms with Crippen molar-refractivity contribution in [3.63, 3.8) is 0 Å². The van der Waals surface area contributed by atoms with Crippen LogP contribution in [0.4, 0.5) is 10.5 Å². The minimum atomic E-state index is -0.318. The topological polar surface area (TPSA) is 87.3 Å². The Kier molecular flexibility index (Phi) is 4.34. The third-order valence-corrected chi connectivity index (χ3v) is 3.15. The molecule has 1 heterocycles. The van der Waals surface area contributed by atoms with E-state index < -0.39 is 0 Å². The van der Waals surface area contributed by atoms with Crippen LogP contribution in [-0.2, 0) is 4.79 Å². The first-order chi connectivity index (χ1) is 9.54. The maximum atomic E-state index is 11.8. The standard InChI is InChI=1S/C14H17N3O3/c1-9(18)10-2-4-11(5-3-10)16-14(20)17-12-6-7-13(19)15-8-12/h2-5,12H,6-8H2,1H3,(H,15,19)(H2,16,17,20). The largest absolute Gasteiger partial charge is 0.354 e. The van der Waals surface area contributed by atoms with E-state index in [1.165, 1.54) is 6.92 Å². The van der Waals surface area contributed by atoms with E-state index in [0.717, 1.165) is 0 Å². The Morgan fingerprint density at radius 2 is 1.95 bits per heavy atom. The van der Waals surface area contributed by atoms with Crippen LogP contribution in [0.25, 0.3) is 0 Å². The van der Waals surface area contributed by atoms with Crippen molar-refractivity contribution in [2.45, 2.75) is 25.8 Å². The molecule has 0 spiro atoms. The predicted octanol–water partition coefficient (Wildman–Crippen LogP) is 1.29. The molecule has 1 saturated heterocycles. The van der Waals surface area contributed by atoms with Crippen LogP contribution in [0.5, 0.6) is 0 Å². The molecule has 0 saturated carbocycles. The van der Waals surface area contributed by atoms with E-state index in [-0.39, 0.29) is 23.8 Å². The zero-order valence-electron chi connectivity index (χ0n) is 11.2. The van der Waals surface area contributed by atoms with Gasteiger partial charge in [-0.1, -0.05) is 0 Å². The molecule has 1 aliphatic heterocycles. The molecule has 6 heteroatoms. The highest BCUT2D eigenvalue weighted by atomic mass is 16.2. The molecule has 1 atom stereocenters. The second kappa shape index (κ2) is 6.18. The van der Waals surface area contributed by atoms with Gasteiger partial charge in [-0.25, -0.2) is 4.79 Å². The van der Waals surface area contributed by atoms with Gasteiger partial charge in [0, 0.05) is 30.3 Å². The summed E-state index contributed by atoms with van der Waals surface area (Å²) in [5.41, 5.74) is 1.22. The number of carbonyl (C=O) groups is 3. The van der Waals surface area contributed by atoms with Crippen LogP contribution in [0.2, 0.25) is 0 Å². The van der Waals surface area contributed by atoms with Crippen molar-refractivity contribution in [1.82, 2.24) is 10.6 Å². The Labute approximate surface area is 116 Å². The first kappa shape index (κ1) is 14.0. The fourth-order valence-electron chi connectivity index (χ4n) is 2.00. The number of hydrogen-bond donors (Lipinski definition) is 3. The summed E-state index contributed by atoms with van der Waals surface area (Å²) in [5.74, 6) is 0.00206. The maximum Gasteiger partial charge on any atom is 0.319 e. The summed E-state index contributed by atoms with van der Waals surface area (Å²) >= 11 is 0. The number of nitrogens with one attached hydrogen (secondary N) is 3. The van der Waals surface area contributed by atoms with Crippen LogP contribution in [-0.4, -0.2) is 30.3 Å². The Bertz CT molecular complexity index is 515. The van der Waals surface area contributed by atoms with Gasteiger partial charge in [-0.05, 0) is 37.6 Å². The van der Waals surface area contributed by atoms with Gasteiger partial charge < -0.3 is 16.0 Å². The van der Waals surface area contributed by atoms with E-state index in [0.29, 0.717) is 30.6 Å². The molecule has 2 rings (SSSR count). The molecule has 106 valence electrons. The van der Waals surface area contributed by atoms with Crippen LogP contribution in [0.15, 0.2) is 24.3 Å². The number of Topliss-reactive ketones (excluding diaryl/α,β-unsaturated/α-hetero) is 1. The second-order valence-corrected chi connectivity index (χ2v) is 4.77. The fraction of sp³-hybridized carbons (Fsp3) is 0.357. The lowest BCUT2D eigenvalue weighted by Crippen LogP contribution is -2.48. The summed E-state index contributed by atoms with van der Waals surface area (Å²) in [6, 6.07) is 6.32. The van der Waals surface area contributed by atoms with Crippen LogP contribution >= 0.6 is 0 Å². The summed E-state index contributed by atoms with van der Waals surface area (Å²) in [6.45, 7) is 1.95. The van der Waals surface area contributed by atoms with Gasteiger partial charge in [-0.15, -0.1) is 0 Å². The quantitative estimate of drug-likeness (QED) is 0.726. The van der Waals surface area contributed by atoms with Crippen LogP contribution < -0.4 is 16.0 Å². The molecule has 1 fully saturated rings. The van der Waals surface area contributed by atoms with E-state index >= 15 is 0 Å². The number of rotatable bonds is 3. The number of hydrogen-bond acceptors (Lipinski definition) is 3.